The Hall–Kier alpha value is -0.520. The Morgan fingerprint density at radius 3 is 2.36 bits per heavy atom. The summed E-state index contributed by atoms with van der Waals surface area (Å²) < 4.78 is 0. The first-order valence-corrected chi connectivity index (χ1v) is 5.29. The number of nitrogens with zero attached hydrogens (tertiary/aromatic N) is 1. The average Bonchev–Trinajstić information content (AvgIpc) is 1.98. The summed E-state index contributed by atoms with van der Waals surface area (Å²) in [6.07, 6.45) is 0.843. The van der Waals surface area contributed by atoms with Crippen LogP contribution in [0, 0.1) is 17.3 Å². The molecule has 0 bridgehead atoms. The minimum atomic E-state index is -0.427. The van der Waals surface area contributed by atoms with E-state index in [1.807, 2.05) is 6.92 Å². The molecule has 1 aliphatic rings. The van der Waals surface area contributed by atoms with Gasteiger partial charge in [0, 0.05) is 18.5 Å². The molecule has 1 saturated heterocycles. The summed E-state index contributed by atoms with van der Waals surface area (Å²) in [5.74, 6) is 6.35. The van der Waals surface area contributed by atoms with Gasteiger partial charge in [0.2, 0.25) is 0 Å². The summed E-state index contributed by atoms with van der Waals surface area (Å²) in [7, 11) is 0. The van der Waals surface area contributed by atoms with Crippen molar-refractivity contribution in [3.05, 3.63) is 0 Å². The molecule has 2 heteroatoms. The second-order valence-electron chi connectivity index (χ2n) is 5.27. The van der Waals surface area contributed by atoms with Crippen LogP contribution in [0.15, 0.2) is 0 Å². The van der Waals surface area contributed by atoms with E-state index in [1.165, 1.54) is 0 Å². The first kappa shape index (κ1) is 11.6. The fraction of sp³-hybridized carbons (Fsp3) is 0.833. The molecule has 1 N–H and O–H groups in total. The Bertz CT molecular complexity index is 248. The molecule has 1 rings (SSSR count). The molecule has 0 saturated carbocycles. The maximum atomic E-state index is 9.76. The van der Waals surface area contributed by atoms with Gasteiger partial charge in [-0.15, -0.1) is 0 Å². The zero-order valence-electron chi connectivity index (χ0n) is 9.72. The van der Waals surface area contributed by atoms with Crippen LogP contribution in [0.3, 0.4) is 0 Å². The summed E-state index contributed by atoms with van der Waals surface area (Å²) in [5.41, 5.74) is -0.338. The van der Waals surface area contributed by atoms with E-state index in [0.29, 0.717) is 0 Å². The van der Waals surface area contributed by atoms with Gasteiger partial charge in [-0.3, -0.25) is 4.90 Å². The van der Waals surface area contributed by atoms with E-state index < -0.39 is 5.60 Å². The quantitative estimate of drug-likeness (QED) is 0.675. The largest absolute Gasteiger partial charge is 0.387 e. The number of hydrogen-bond acceptors (Lipinski definition) is 2. The van der Waals surface area contributed by atoms with Crippen molar-refractivity contribution >= 4 is 0 Å². The van der Waals surface area contributed by atoms with Gasteiger partial charge in [-0.2, -0.15) is 0 Å². The van der Waals surface area contributed by atoms with Crippen molar-refractivity contribution in [2.24, 2.45) is 5.41 Å². The van der Waals surface area contributed by atoms with Crippen molar-refractivity contribution in [2.45, 2.75) is 39.7 Å². The second-order valence-corrected chi connectivity index (χ2v) is 5.27. The van der Waals surface area contributed by atoms with Gasteiger partial charge < -0.3 is 5.11 Å². The highest BCUT2D eigenvalue weighted by Gasteiger charge is 2.38. The first-order valence-electron chi connectivity index (χ1n) is 5.29. The van der Waals surface area contributed by atoms with Crippen LogP contribution >= 0.6 is 0 Å². The lowest BCUT2D eigenvalue weighted by atomic mass is 9.91. The standard InChI is InChI=1S/C12H21NO/c1-5-12(14)9-13(10-12)8-6-7-11(2,3)4/h14H,5,8-10H2,1-4H3. The predicted octanol–water partition coefficient (Wildman–Crippen LogP) is 1.49. The Labute approximate surface area is 87.3 Å². The number of aliphatic hydroxyl groups is 1. The molecule has 0 aromatic heterocycles. The smallest absolute Gasteiger partial charge is 0.0898 e. The monoisotopic (exact) mass is 195 g/mol. The minimum absolute atomic E-state index is 0.0892. The SMILES string of the molecule is CCC1(O)CN(CC#CC(C)(C)C)C1. The van der Waals surface area contributed by atoms with Crippen LogP contribution in [0.5, 0.6) is 0 Å². The van der Waals surface area contributed by atoms with Crippen molar-refractivity contribution in [3.8, 4) is 11.8 Å². The molecule has 0 atom stereocenters. The third kappa shape index (κ3) is 3.32. The van der Waals surface area contributed by atoms with E-state index in [1.54, 1.807) is 0 Å². The lowest BCUT2D eigenvalue weighted by molar-refractivity contribution is -0.0935. The summed E-state index contributed by atoms with van der Waals surface area (Å²) in [6.45, 7) is 10.7. The van der Waals surface area contributed by atoms with Crippen molar-refractivity contribution in [1.29, 1.82) is 0 Å². The molecule has 80 valence electrons. The Morgan fingerprint density at radius 2 is 1.93 bits per heavy atom. The Morgan fingerprint density at radius 1 is 1.36 bits per heavy atom. The summed E-state index contributed by atoms with van der Waals surface area (Å²) in [5, 5.41) is 9.76. The molecule has 1 heterocycles. The molecule has 0 spiro atoms. The zero-order valence-corrected chi connectivity index (χ0v) is 9.72. The van der Waals surface area contributed by atoms with Crippen LogP contribution in [0.4, 0.5) is 0 Å². The molecule has 0 radical (unpaired) electrons. The summed E-state index contributed by atoms with van der Waals surface area (Å²) in [6, 6.07) is 0. The first-order chi connectivity index (χ1) is 6.35. The number of hydrogen-bond donors (Lipinski definition) is 1. The topological polar surface area (TPSA) is 23.5 Å². The van der Waals surface area contributed by atoms with Gasteiger partial charge in [-0.25, -0.2) is 0 Å². The molecule has 0 unspecified atom stereocenters. The van der Waals surface area contributed by atoms with Crippen molar-refractivity contribution in [3.63, 3.8) is 0 Å². The molecular formula is C12H21NO. The molecule has 0 aliphatic carbocycles. The molecule has 14 heavy (non-hydrogen) atoms. The van der Waals surface area contributed by atoms with Gasteiger partial charge >= 0.3 is 0 Å². The second kappa shape index (κ2) is 3.92. The van der Waals surface area contributed by atoms with Gasteiger partial charge in [-0.1, -0.05) is 18.8 Å². The maximum Gasteiger partial charge on any atom is 0.0898 e. The lowest BCUT2D eigenvalue weighted by Crippen LogP contribution is -2.61. The fourth-order valence-electron chi connectivity index (χ4n) is 1.54. The number of β-amino-alcohol motifs (C(OH)–C–C–N with tert-alkyl or cyclic N) is 1. The predicted molar refractivity (Wildman–Crippen MR) is 58.9 cm³/mol. The lowest BCUT2D eigenvalue weighted by Gasteiger charge is -2.45. The highest BCUT2D eigenvalue weighted by Crippen LogP contribution is 2.23. The van der Waals surface area contributed by atoms with Crippen molar-refractivity contribution < 1.29 is 5.11 Å². The molecular weight excluding hydrogens is 174 g/mol. The van der Waals surface area contributed by atoms with E-state index in [9.17, 15) is 5.11 Å². The molecule has 0 aromatic carbocycles. The molecule has 1 fully saturated rings. The van der Waals surface area contributed by atoms with Crippen molar-refractivity contribution in [2.75, 3.05) is 19.6 Å². The third-order valence-electron chi connectivity index (χ3n) is 2.46. The Balaban J connectivity index is 2.26. The Kier molecular flexibility index (Phi) is 3.24. The maximum absolute atomic E-state index is 9.76. The van der Waals surface area contributed by atoms with E-state index in [0.717, 1.165) is 26.1 Å². The van der Waals surface area contributed by atoms with Gasteiger partial charge in [-0.05, 0) is 27.2 Å². The third-order valence-corrected chi connectivity index (χ3v) is 2.46. The highest BCUT2D eigenvalue weighted by molar-refractivity contribution is 5.10. The number of rotatable bonds is 2. The van der Waals surface area contributed by atoms with Crippen LogP contribution in [0.25, 0.3) is 0 Å². The van der Waals surface area contributed by atoms with E-state index in [2.05, 4.69) is 37.5 Å². The summed E-state index contributed by atoms with van der Waals surface area (Å²) >= 11 is 0. The summed E-state index contributed by atoms with van der Waals surface area (Å²) in [4.78, 5) is 2.18. The molecule has 2 nitrogen and oxygen atoms in total. The van der Waals surface area contributed by atoms with Crippen molar-refractivity contribution in [1.82, 2.24) is 4.90 Å². The van der Waals surface area contributed by atoms with E-state index >= 15 is 0 Å². The van der Waals surface area contributed by atoms with Crippen LogP contribution in [-0.2, 0) is 0 Å². The molecule has 0 amide bonds. The zero-order chi connectivity index (χ0) is 10.8. The van der Waals surface area contributed by atoms with E-state index in [-0.39, 0.29) is 5.41 Å². The fourth-order valence-corrected chi connectivity index (χ4v) is 1.54. The number of likely N-dealkylation sites (tertiary alicyclic amines) is 1. The van der Waals surface area contributed by atoms with Crippen LogP contribution in [0.1, 0.15) is 34.1 Å². The van der Waals surface area contributed by atoms with Crippen LogP contribution in [-0.4, -0.2) is 35.2 Å². The minimum Gasteiger partial charge on any atom is -0.387 e. The normalized spacial score (nSPS) is 20.9. The molecule has 1 aliphatic heterocycles. The van der Waals surface area contributed by atoms with E-state index in [4.69, 9.17) is 0 Å². The van der Waals surface area contributed by atoms with Gasteiger partial charge in [0.15, 0.2) is 0 Å². The van der Waals surface area contributed by atoms with Gasteiger partial charge in [0.1, 0.15) is 0 Å². The van der Waals surface area contributed by atoms with Gasteiger partial charge in [0.05, 0.1) is 12.1 Å². The van der Waals surface area contributed by atoms with Crippen LogP contribution in [0.2, 0.25) is 0 Å². The van der Waals surface area contributed by atoms with Gasteiger partial charge in [0.25, 0.3) is 0 Å². The van der Waals surface area contributed by atoms with Crippen LogP contribution < -0.4 is 0 Å². The average molecular weight is 195 g/mol. The molecule has 0 aromatic rings. The highest BCUT2D eigenvalue weighted by atomic mass is 16.3.